The van der Waals surface area contributed by atoms with Gasteiger partial charge in [0.2, 0.25) is 5.91 Å². The van der Waals surface area contributed by atoms with E-state index in [-0.39, 0.29) is 17.4 Å². The highest BCUT2D eigenvalue weighted by atomic mass is 35.5. The van der Waals surface area contributed by atoms with E-state index in [2.05, 4.69) is 28.2 Å². The molecular formula is C25H30ClN3O3. The second-order valence-corrected chi connectivity index (χ2v) is 10.6. The Kier molecular flexibility index (Phi) is 5.17. The minimum absolute atomic E-state index is 0.0705. The second-order valence-electron chi connectivity index (χ2n) is 10.2. The number of nitrogens with one attached hydrogen (secondary N) is 1. The molecule has 32 heavy (non-hydrogen) atoms. The molecule has 1 aromatic heterocycles. The summed E-state index contributed by atoms with van der Waals surface area (Å²) in [5, 5.41) is 5.92. The minimum atomic E-state index is 0.0705. The van der Waals surface area contributed by atoms with Gasteiger partial charge in [-0.1, -0.05) is 11.6 Å². The summed E-state index contributed by atoms with van der Waals surface area (Å²) < 4.78 is 11.1. The normalized spacial score (nSPS) is 32.9. The van der Waals surface area contributed by atoms with Crippen LogP contribution in [0.25, 0.3) is 10.8 Å². The van der Waals surface area contributed by atoms with Gasteiger partial charge >= 0.3 is 0 Å². The first kappa shape index (κ1) is 20.8. The lowest BCUT2D eigenvalue weighted by Crippen LogP contribution is -2.50. The Morgan fingerprint density at radius 1 is 1.16 bits per heavy atom. The molecule has 3 saturated heterocycles. The number of hydrogen-bond donors (Lipinski definition) is 1. The lowest BCUT2D eigenvalue weighted by Gasteiger charge is -2.42. The number of carbonyl (C=O) groups is 1. The topological polar surface area (TPSA) is 63.7 Å². The first-order valence-electron chi connectivity index (χ1n) is 11.8. The molecule has 1 amide bonds. The van der Waals surface area contributed by atoms with E-state index in [0.717, 1.165) is 61.4 Å². The molecule has 4 heterocycles. The zero-order valence-electron chi connectivity index (χ0n) is 18.5. The predicted molar refractivity (Wildman–Crippen MR) is 124 cm³/mol. The third-order valence-electron chi connectivity index (χ3n) is 8.24. The summed E-state index contributed by atoms with van der Waals surface area (Å²) in [4.78, 5) is 19.7. The first-order chi connectivity index (χ1) is 15.5. The standard InChI is InChI=1S/C25H30ClN3O3/c1-25(4-7-31-14-25)29-5-2-15(3-6-29)18-8-16-10-22(27-11-17(16)9-21(18)26)28-24(30)23-19-12-32-13-20(19)23/h8-11,15,19-20,23H,2-7,12-14H2,1H3,(H,27,28,30)/t19-,20?,23?,25+/m0/s1. The van der Waals surface area contributed by atoms with Crippen LogP contribution in [0.3, 0.4) is 0 Å². The van der Waals surface area contributed by atoms with Gasteiger partial charge in [0.25, 0.3) is 0 Å². The van der Waals surface area contributed by atoms with Crippen molar-refractivity contribution >= 4 is 34.1 Å². The maximum Gasteiger partial charge on any atom is 0.229 e. The monoisotopic (exact) mass is 455 g/mol. The van der Waals surface area contributed by atoms with Gasteiger partial charge in [0.05, 0.1) is 19.8 Å². The molecule has 3 aliphatic heterocycles. The van der Waals surface area contributed by atoms with Crippen LogP contribution in [-0.4, -0.2) is 60.8 Å². The van der Waals surface area contributed by atoms with Gasteiger partial charge in [-0.15, -0.1) is 0 Å². The third-order valence-corrected chi connectivity index (χ3v) is 8.57. The summed E-state index contributed by atoms with van der Waals surface area (Å²) in [5.74, 6) is 2.01. The number of carbonyl (C=O) groups excluding carboxylic acids is 1. The number of anilines is 1. The van der Waals surface area contributed by atoms with Gasteiger partial charge < -0.3 is 14.8 Å². The molecule has 2 aromatic rings. The van der Waals surface area contributed by atoms with Crippen LogP contribution >= 0.6 is 11.6 Å². The SMILES string of the molecule is C[C@@]1(N2CCC(c3cc4cc(NC(=O)C5C6COC[C@@H]65)ncc4cc3Cl)CC2)CCOC1. The molecule has 6 rings (SSSR count). The lowest BCUT2D eigenvalue weighted by atomic mass is 9.86. The fraction of sp³-hybridized carbons (Fsp3) is 0.600. The van der Waals surface area contributed by atoms with Crippen LogP contribution in [0.4, 0.5) is 5.82 Å². The number of rotatable bonds is 4. The second kappa shape index (κ2) is 7.94. The summed E-state index contributed by atoms with van der Waals surface area (Å²) in [6.45, 7) is 7.60. The van der Waals surface area contributed by atoms with Gasteiger partial charge in [0.15, 0.2) is 0 Å². The van der Waals surface area contributed by atoms with Crippen LogP contribution in [0, 0.1) is 17.8 Å². The van der Waals surface area contributed by atoms with Crippen molar-refractivity contribution in [1.29, 1.82) is 0 Å². The highest BCUT2D eigenvalue weighted by Gasteiger charge is 2.58. The molecule has 4 atom stereocenters. The molecule has 4 fully saturated rings. The number of benzene rings is 1. The molecule has 1 aliphatic carbocycles. The zero-order valence-corrected chi connectivity index (χ0v) is 19.2. The number of fused-ring (bicyclic) bond motifs is 2. The average Bonchev–Trinajstić information content (AvgIpc) is 3.10. The van der Waals surface area contributed by atoms with Crippen LogP contribution in [-0.2, 0) is 14.3 Å². The Morgan fingerprint density at radius 3 is 2.66 bits per heavy atom. The van der Waals surface area contributed by atoms with Gasteiger partial charge in [-0.2, -0.15) is 0 Å². The number of nitrogens with zero attached hydrogens (tertiary/aromatic N) is 2. The van der Waals surface area contributed by atoms with Crippen LogP contribution in [0.15, 0.2) is 24.4 Å². The molecule has 7 heteroatoms. The molecule has 0 bridgehead atoms. The fourth-order valence-electron chi connectivity index (χ4n) is 6.04. The van der Waals surface area contributed by atoms with Gasteiger partial charge in [-0.3, -0.25) is 9.69 Å². The first-order valence-corrected chi connectivity index (χ1v) is 12.2. The Morgan fingerprint density at radius 2 is 1.94 bits per heavy atom. The number of pyridine rings is 1. The molecule has 170 valence electrons. The van der Waals surface area contributed by atoms with Gasteiger partial charge in [0, 0.05) is 34.7 Å². The highest BCUT2D eigenvalue weighted by Crippen LogP contribution is 2.51. The molecule has 0 radical (unpaired) electrons. The average molecular weight is 456 g/mol. The van der Waals surface area contributed by atoms with Crippen LogP contribution in [0.1, 0.15) is 37.7 Å². The Bertz CT molecular complexity index is 1040. The van der Waals surface area contributed by atoms with Crippen LogP contribution in [0.2, 0.25) is 5.02 Å². The maximum atomic E-state index is 12.6. The maximum absolute atomic E-state index is 12.6. The van der Waals surface area contributed by atoms with E-state index >= 15 is 0 Å². The van der Waals surface area contributed by atoms with E-state index < -0.39 is 0 Å². The smallest absolute Gasteiger partial charge is 0.229 e. The van der Waals surface area contributed by atoms with Gasteiger partial charge in [-0.25, -0.2) is 4.98 Å². The molecule has 2 unspecified atom stereocenters. The zero-order chi connectivity index (χ0) is 21.9. The summed E-state index contributed by atoms with van der Waals surface area (Å²) in [5.41, 5.74) is 1.40. The van der Waals surface area contributed by atoms with Gasteiger partial charge in [0.1, 0.15) is 5.82 Å². The quantitative estimate of drug-likeness (QED) is 0.752. The Balaban J connectivity index is 1.17. The van der Waals surface area contributed by atoms with Crippen molar-refractivity contribution in [3.63, 3.8) is 0 Å². The van der Waals surface area contributed by atoms with Crippen molar-refractivity contribution < 1.29 is 14.3 Å². The van der Waals surface area contributed by atoms with Crippen molar-refractivity contribution in [1.82, 2.24) is 9.88 Å². The fourth-order valence-corrected chi connectivity index (χ4v) is 6.37. The van der Waals surface area contributed by atoms with Crippen LogP contribution < -0.4 is 5.32 Å². The van der Waals surface area contributed by atoms with E-state index in [4.69, 9.17) is 21.1 Å². The highest BCUT2D eigenvalue weighted by molar-refractivity contribution is 6.32. The summed E-state index contributed by atoms with van der Waals surface area (Å²) in [6, 6.07) is 6.20. The third kappa shape index (κ3) is 3.61. The number of piperidine rings is 1. The summed E-state index contributed by atoms with van der Waals surface area (Å²) in [7, 11) is 0. The van der Waals surface area contributed by atoms with Crippen LogP contribution in [0.5, 0.6) is 0 Å². The summed E-state index contributed by atoms with van der Waals surface area (Å²) >= 11 is 6.71. The van der Waals surface area contributed by atoms with E-state index in [1.807, 2.05) is 12.1 Å². The van der Waals surface area contributed by atoms with Crippen molar-refractivity contribution in [3.8, 4) is 0 Å². The summed E-state index contributed by atoms with van der Waals surface area (Å²) in [6.07, 6.45) is 5.12. The molecule has 1 saturated carbocycles. The molecular weight excluding hydrogens is 426 g/mol. The van der Waals surface area contributed by atoms with Gasteiger partial charge in [-0.05, 0) is 86.2 Å². The van der Waals surface area contributed by atoms with E-state index in [9.17, 15) is 4.79 Å². The number of ether oxygens (including phenoxy) is 2. The number of aromatic nitrogens is 1. The number of likely N-dealkylation sites (tertiary alicyclic amines) is 1. The molecule has 6 nitrogen and oxygen atoms in total. The Labute approximate surface area is 193 Å². The molecule has 0 spiro atoms. The molecule has 4 aliphatic rings. The predicted octanol–water partition coefficient (Wildman–Crippen LogP) is 4.08. The van der Waals surface area contributed by atoms with E-state index in [0.29, 0.717) is 36.8 Å². The number of amides is 1. The number of halogens is 1. The molecule has 1 N–H and O–H groups in total. The van der Waals surface area contributed by atoms with E-state index in [1.165, 1.54) is 5.56 Å². The largest absolute Gasteiger partial charge is 0.381 e. The van der Waals surface area contributed by atoms with E-state index in [1.54, 1.807) is 6.20 Å². The van der Waals surface area contributed by atoms with Crippen molar-refractivity contribution in [2.75, 3.05) is 44.8 Å². The minimum Gasteiger partial charge on any atom is -0.381 e. The van der Waals surface area contributed by atoms with Crippen molar-refractivity contribution in [2.45, 2.75) is 37.6 Å². The van der Waals surface area contributed by atoms with Crippen molar-refractivity contribution in [2.24, 2.45) is 17.8 Å². The molecule has 1 aromatic carbocycles. The number of hydrogen-bond acceptors (Lipinski definition) is 5. The lowest BCUT2D eigenvalue weighted by molar-refractivity contribution is -0.118. The van der Waals surface area contributed by atoms with Crippen molar-refractivity contribution in [3.05, 3.63) is 35.0 Å². The Hall–Kier alpha value is -1.73.